The largest absolute Gasteiger partial charge is 0.463 e. The molecule has 12 nitrogen and oxygen atoms in total. The maximum atomic E-state index is 11.6. The number of carbonyl (C=O) groups excluding carboxylic acids is 4. The van der Waals surface area contributed by atoms with Crippen LogP contribution in [-0.4, -0.2) is 66.2 Å². The molecule has 0 saturated carbocycles. The van der Waals surface area contributed by atoms with E-state index in [1.165, 1.54) is 6.92 Å². The summed E-state index contributed by atoms with van der Waals surface area (Å²) in [4.78, 5) is 48.5. The first kappa shape index (κ1) is 23.5. The number of rotatable bonds is 8. The van der Waals surface area contributed by atoms with E-state index < -0.39 is 53.7 Å². The van der Waals surface area contributed by atoms with Gasteiger partial charge in [0.1, 0.15) is 18.1 Å². The molecule has 1 aliphatic rings. The molecule has 5 atom stereocenters. The highest BCUT2D eigenvalue weighted by atomic mass is 32.2. The average Bonchev–Trinajstić information content (AvgIpc) is 2.57. The highest BCUT2D eigenvalue weighted by molar-refractivity contribution is 7.99. The summed E-state index contributed by atoms with van der Waals surface area (Å²) in [5.41, 5.74) is 7.50. The Balaban J connectivity index is 3.26. The van der Waals surface area contributed by atoms with Gasteiger partial charge in [-0.3, -0.25) is 19.2 Å². The maximum absolute atomic E-state index is 11.6. The summed E-state index contributed by atoms with van der Waals surface area (Å²) < 4.78 is 26.4. The Labute approximate surface area is 164 Å². The van der Waals surface area contributed by atoms with Crippen LogP contribution < -0.4 is 0 Å². The summed E-state index contributed by atoms with van der Waals surface area (Å²) in [6.45, 7) is 4.29. The second kappa shape index (κ2) is 11.4. The highest BCUT2D eigenvalue weighted by Gasteiger charge is 2.52. The van der Waals surface area contributed by atoms with E-state index in [2.05, 4.69) is 10.0 Å². The second-order valence-electron chi connectivity index (χ2n) is 5.59. The van der Waals surface area contributed by atoms with E-state index in [0.29, 0.717) is 0 Å². The van der Waals surface area contributed by atoms with Crippen LogP contribution in [0.2, 0.25) is 0 Å². The molecule has 1 aliphatic heterocycles. The first-order valence-corrected chi connectivity index (χ1v) is 9.13. The number of hydrogen-bond donors (Lipinski definition) is 0. The van der Waals surface area contributed by atoms with Gasteiger partial charge in [0, 0.05) is 32.6 Å². The summed E-state index contributed by atoms with van der Waals surface area (Å²) in [6, 6.07) is 0. The van der Waals surface area contributed by atoms with Crippen LogP contribution >= 0.6 is 11.8 Å². The number of hydrogen-bond acceptors (Lipinski definition) is 11. The van der Waals surface area contributed by atoms with Gasteiger partial charge in [0.05, 0.1) is 5.88 Å². The zero-order valence-corrected chi connectivity index (χ0v) is 16.5. The Morgan fingerprint density at radius 1 is 0.929 bits per heavy atom. The molecule has 156 valence electrons. The fourth-order valence-corrected chi connectivity index (χ4v) is 3.34. The van der Waals surface area contributed by atoms with Crippen molar-refractivity contribution in [2.24, 2.45) is 5.11 Å². The molecule has 28 heavy (non-hydrogen) atoms. The number of esters is 4. The monoisotopic (exact) mass is 419 g/mol. The molecule has 0 aliphatic carbocycles. The van der Waals surface area contributed by atoms with Crippen molar-refractivity contribution < 1.29 is 42.9 Å². The first-order valence-electron chi connectivity index (χ1n) is 8.08. The lowest BCUT2D eigenvalue weighted by atomic mass is 9.99. The molecule has 1 rings (SSSR count). The molecule has 0 bridgehead atoms. The zero-order valence-electron chi connectivity index (χ0n) is 15.7. The van der Waals surface area contributed by atoms with E-state index in [-0.39, 0.29) is 12.5 Å². The van der Waals surface area contributed by atoms with Crippen LogP contribution in [0.25, 0.3) is 10.4 Å². The molecule has 13 heteroatoms. The summed E-state index contributed by atoms with van der Waals surface area (Å²) in [7, 11) is 0. The van der Waals surface area contributed by atoms with E-state index in [4.69, 9.17) is 29.2 Å². The molecular weight excluding hydrogens is 398 g/mol. The van der Waals surface area contributed by atoms with Gasteiger partial charge in [-0.1, -0.05) is 5.11 Å². The van der Waals surface area contributed by atoms with Crippen LogP contribution in [0.3, 0.4) is 0 Å². The molecular formula is C15H21N3O9S. The molecule has 1 saturated heterocycles. The maximum Gasteiger partial charge on any atom is 0.303 e. The first-order chi connectivity index (χ1) is 13.1. The number of ether oxygens (including phenoxy) is 5. The van der Waals surface area contributed by atoms with Gasteiger partial charge in [-0.15, -0.1) is 11.8 Å². The zero-order chi connectivity index (χ0) is 21.3. The molecule has 0 aromatic carbocycles. The lowest BCUT2D eigenvalue weighted by Gasteiger charge is -2.44. The third-order valence-electron chi connectivity index (χ3n) is 3.31. The third-order valence-corrected chi connectivity index (χ3v) is 4.28. The van der Waals surface area contributed by atoms with Crippen molar-refractivity contribution in [1.29, 1.82) is 0 Å². The summed E-state index contributed by atoms with van der Waals surface area (Å²) >= 11 is 0.970. The van der Waals surface area contributed by atoms with Gasteiger partial charge >= 0.3 is 23.9 Å². The van der Waals surface area contributed by atoms with E-state index in [1.54, 1.807) is 0 Å². The highest BCUT2D eigenvalue weighted by Crippen LogP contribution is 2.34. The standard InChI is InChI=1S/C15H21N3O9S/c1-7(19)23-5-11-12(24-8(2)20)13(25-9(3)21)14(26-10(4)22)15(27-11)28-6-17-18-16/h11-15H,5-6H2,1-4H3/t11-,12-,13+,14-,15+/m1/s1. The fraction of sp³-hybridized carbons (Fsp3) is 0.733. The molecule has 1 heterocycles. The molecule has 0 radical (unpaired) electrons. The average molecular weight is 419 g/mol. The minimum absolute atomic E-state index is 0.0791. The number of carbonyl (C=O) groups is 4. The fourth-order valence-electron chi connectivity index (χ4n) is 2.46. The van der Waals surface area contributed by atoms with Gasteiger partial charge in [0.15, 0.2) is 18.3 Å². The van der Waals surface area contributed by atoms with E-state index in [0.717, 1.165) is 32.5 Å². The quantitative estimate of drug-likeness (QED) is 0.183. The summed E-state index contributed by atoms with van der Waals surface area (Å²) in [5.74, 6) is -2.80. The van der Waals surface area contributed by atoms with Crippen LogP contribution in [0.1, 0.15) is 27.7 Å². The topological polar surface area (TPSA) is 163 Å². The predicted octanol–water partition coefficient (Wildman–Crippen LogP) is 1.07. The van der Waals surface area contributed by atoms with Gasteiger partial charge in [0.2, 0.25) is 0 Å². The molecule has 0 amide bonds. The normalized spacial score (nSPS) is 26.4. The number of azide groups is 1. The Bertz CT molecular complexity index is 621. The predicted molar refractivity (Wildman–Crippen MR) is 93.6 cm³/mol. The molecule has 0 N–H and O–H groups in total. The third kappa shape index (κ3) is 7.62. The van der Waals surface area contributed by atoms with Gasteiger partial charge in [-0.05, 0) is 5.53 Å². The van der Waals surface area contributed by atoms with E-state index >= 15 is 0 Å². The van der Waals surface area contributed by atoms with Crippen molar-refractivity contribution in [2.75, 3.05) is 12.5 Å². The van der Waals surface area contributed by atoms with Gasteiger partial charge in [-0.2, -0.15) is 0 Å². The Hall–Kier alpha value is -2.50. The van der Waals surface area contributed by atoms with Crippen molar-refractivity contribution in [3.63, 3.8) is 0 Å². The lowest BCUT2D eigenvalue weighted by Crippen LogP contribution is -2.61. The van der Waals surface area contributed by atoms with E-state index in [1.807, 2.05) is 0 Å². The van der Waals surface area contributed by atoms with Gasteiger partial charge in [0.25, 0.3) is 0 Å². The summed E-state index contributed by atoms with van der Waals surface area (Å²) in [6.07, 6.45) is -4.63. The minimum atomic E-state index is -1.23. The summed E-state index contributed by atoms with van der Waals surface area (Å²) in [5, 5.41) is 3.38. The Kier molecular flexibility index (Phi) is 9.56. The molecule has 0 aromatic heterocycles. The van der Waals surface area contributed by atoms with Crippen LogP contribution in [0, 0.1) is 0 Å². The van der Waals surface area contributed by atoms with Crippen molar-refractivity contribution in [1.82, 2.24) is 0 Å². The second-order valence-corrected chi connectivity index (χ2v) is 6.65. The Morgan fingerprint density at radius 3 is 1.96 bits per heavy atom. The van der Waals surface area contributed by atoms with Crippen molar-refractivity contribution >= 4 is 35.6 Å². The molecule has 0 spiro atoms. The lowest BCUT2D eigenvalue weighted by molar-refractivity contribution is -0.237. The van der Waals surface area contributed by atoms with Crippen LogP contribution in [-0.2, 0) is 42.9 Å². The smallest absolute Gasteiger partial charge is 0.303 e. The van der Waals surface area contributed by atoms with Gasteiger partial charge < -0.3 is 23.7 Å². The Morgan fingerprint density at radius 2 is 1.46 bits per heavy atom. The van der Waals surface area contributed by atoms with Crippen LogP contribution in [0.15, 0.2) is 5.11 Å². The molecule has 1 fully saturated rings. The van der Waals surface area contributed by atoms with Gasteiger partial charge in [-0.25, -0.2) is 0 Å². The van der Waals surface area contributed by atoms with Crippen molar-refractivity contribution in [2.45, 2.75) is 57.5 Å². The molecule has 0 aromatic rings. The number of thioether (sulfide) groups is 1. The van der Waals surface area contributed by atoms with Crippen molar-refractivity contribution in [3.05, 3.63) is 10.4 Å². The van der Waals surface area contributed by atoms with Crippen LogP contribution in [0.5, 0.6) is 0 Å². The SMILES string of the molecule is CC(=O)OC[C@H]1O[C@@H](SCN=[N+]=[N-])[C@H](OC(C)=O)[C@@H](OC(C)=O)[C@@H]1OC(C)=O. The molecule has 0 unspecified atom stereocenters. The van der Waals surface area contributed by atoms with E-state index in [9.17, 15) is 19.2 Å². The number of nitrogens with zero attached hydrogens (tertiary/aromatic N) is 3. The van der Waals surface area contributed by atoms with Crippen molar-refractivity contribution in [3.8, 4) is 0 Å². The van der Waals surface area contributed by atoms with Crippen LogP contribution in [0.4, 0.5) is 0 Å². The minimum Gasteiger partial charge on any atom is -0.463 e.